The number of nitrogens with zero attached hydrogens (tertiary/aromatic N) is 7. The number of rotatable bonds is 9. The fraction of sp³-hybridized carbons (Fsp3) is 0.0909. The second kappa shape index (κ2) is 12.6. The van der Waals surface area contributed by atoms with Crippen molar-refractivity contribution in [2.75, 3.05) is 10.6 Å². The summed E-state index contributed by atoms with van der Waals surface area (Å²) in [5, 5.41) is 36.1. The summed E-state index contributed by atoms with van der Waals surface area (Å²) in [6.07, 6.45) is 6.76. The van der Waals surface area contributed by atoms with Crippen LogP contribution >= 0.6 is 11.6 Å². The Hall–Kier alpha value is -5.84. The van der Waals surface area contributed by atoms with E-state index < -0.39 is 6.04 Å². The molecule has 0 aliphatic heterocycles. The van der Waals surface area contributed by atoms with Gasteiger partial charge in [-0.15, -0.1) is 5.10 Å². The van der Waals surface area contributed by atoms with Gasteiger partial charge in [0.15, 0.2) is 0 Å². The van der Waals surface area contributed by atoms with Gasteiger partial charge in [0.25, 0.3) is 0 Å². The molecule has 9 nitrogen and oxygen atoms in total. The number of hydrogen-bond donors (Lipinski definition) is 2. The molecule has 0 saturated carbocycles. The van der Waals surface area contributed by atoms with Gasteiger partial charge in [-0.2, -0.15) is 10.5 Å². The molecule has 44 heavy (non-hydrogen) atoms. The Labute approximate surface area is 257 Å². The number of benzene rings is 3. The summed E-state index contributed by atoms with van der Waals surface area (Å²) in [4.78, 5) is 8.61. The molecule has 0 radical (unpaired) electrons. The first-order chi connectivity index (χ1) is 21.5. The maximum Gasteiger partial charge on any atom is 0.123 e. The summed E-state index contributed by atoms with van der Waals surface area (Å²) < 4.78 is 15.5. The Morgan fingerprint density at radius 1 is 0.932 bits per heavy atom. The molecule has 3 heterocycles. The van der Waals surface area contributed by atoms with Gasteiger partial charge < -0.3 is 10.6 Å². The fourth-order valence-corrected chi connectivity index (χ4v) is 5.23. The monoisotopic (exact) mass is 599 g/mol. The number of halogens is 2. The number of hydrogen-bond acceptors (Lipinski definition) is 8. The quantitative estimate of drug-likeness (QED) is 0.179. The molecular weight excluding hydrogens is 577 g/mol. The van der Waals surface area contributed by atoms with Crippen LogP contribution in [0.2, 0.25) is 5.02 Å². The predicted molar refractivity (Wildman–Crippen MR) is 166 cm³/mol. The minimum Gasteiger partial charge on any atom is -0.376 e. The lowest BCUT2D eigenvalue weighted by Gasteiger charge is -2.22. The van der Waals surface area contributed by atoms with Gasteiger partial charge in [-0.05, 0) is 47.5 Å². The average Bonchev–Trinajstić information content (AvgIpc) is 3.55. The zero-order valence-electron chi connectivity index (χ0n) is 23.1. The molecule has 2 N–H and O–H groups in total. The highest BCUT2D eigenvalue weighted by Crippen LogP contribution is 2.37. The molecule has 0 aliphatic rings. The predicted octanol–water partition coefficient (Wildman–Crippen LogP) is 7.14. The van der Waals surface area contributed by atoms with Gasteiger partial charge in [0.2, 0.25) is 0 Å². The zero-order valence-corrected chi connectivity index (χ0v) is 23.8. The molecule has 2 unspecified atom stereocenters. The number of fused-ring (bicyclic) bond motifs is 1. The summed E-state index contributed by atoms with van der Waals surface area (Å²) in [5.41, 5.74) is 4.84. The Kier molecular flexibility index (Phi) is 8.08. The molecule has 11 heteroatoms. The number of nitrogens with one attached hydrogen (secondary N) is 2. The standard InChI is InChI=1S/C33H23ClFN9/c34-28-16-25(15-27-31(23(17-37)18-39-33(27)28)41-29(12-13-36)21-5-2-1-3-6-21)40-32(22-8-10-24(35)11-9-22)30-20-44(43-42-30)26-7-4-14-38-19-26/h1-11,14-16,18-20,29,32,40H,12H2,(H,39,41). The molecular formula is C33H23ClFN9. The molecule has 0 fully saturated rings. The third-order valence-corrected chi connectivity index (χ3v) is 7.38. The van der Waals surface area contributed by atoms with E-state index in [-0.39, 0.29) is 18.3 Å². The molecule has 0 aliphatic carbocycles. The van der Waals surface area contributed by atoms with E-state index in [9.17, 15) is 14.9 Å². The van der Waals surface area contributed by atoms with E-state index in [0.717, 1.165) is 16.8 Å². The lowest BCUT2D eigenvalue weighted by Crippen LogP contribution is -2.14. The highest BCUT2D eigenvalue weighted by molar-refractivity contribution is 6.35. The Balaban J connectivity index is 1.43. The van der Waals surface area contributed by atoms with Crippen LogP contribution < -0.4 is 10.6 Å². The van der Waals surface area contributed by atoms with E-state index in [1.165, 1.54) is 18.3 Å². The average molecular weight is 600 g/mol. The minimum absolute atomic E-state index is 0.170. The maximum atomic E-state index is 13.9. The van der Waals surface area contributed by atoms with Crippen LogP contribution in [0.25, 0.3) is 16.6 Å². The van der Waals surface area contributed by atoms with E-state index in [1.54, 1.807) is 47.5 Å². The Morgan fingerprint density at radius 3 is 2.48 bits per heavy atom. The highest BCUT2D eigenvalue weighted by atomic mass is 35.5. The van der Waals surface area contributed by atoms with Gasteiger partial charge in [0.05, 0.1) is 64.4 Å². The second-order valence-corrected chi connectivity index (χ2v) is 10.3. The van der Waals surface area contributed by atoms with Crippen molar-refractivity contribution in [2.45, 2.75) is 18.5 Å². The van der Waals surface area contributed by atoms with Crippen molar-refractivity contribution >= 4 is 33.9 Å². The van der Waals surface area contributed by atoms with E-state index >= 15 is 0 Å². The van der Waals surface area contributed by atoms with Crippen LogP contribution in [0.3, 0.4) is 0 Å². The van der Waals surface area contributed by atoms with Gasteiger partial charge in [0, 0.05) is 23.5 Å². The molecule has 2 atom stereocenters. The van der Waals surface area contributed by atoms with Crippen LogP contribution in [0.5, 0.6) is 0 Å². The molecule has 6 rings (SSSR count). The van der Waals surface area contributed by atoms with E-state index in [2.05, 4.69) is 43.1 Å². The van der Waals surface area contributed by atoms with E-state index in [0.29, 0.717) is 38.6 Å². The van der Waals surface area contributed by atoms with Crippen LogP contribution in [0.1, 0.15) is 40.9 Å². The van der Waals surface area contributed by atoms with Crippen molar-refractivity contribution in [3.8, 4) is 17.8 Å². The largest absolute Gasteiger partial charge is 0.376 e. The summed E-state index contributed by atoms with van der Waals surface area (Å²) >= 11 is 6.77. The molecule has 3 aromatic heterocycles. The molecule has 0 bridgehead atoms. The van der Waals surface area contributed by atoms with Gasteiger partial charge in [-0.3, -0.25) is 9.97 Å². The third-order valence-electron chi connectivity index (χ3n) is 7.09. The second-order valence-electron chi connectivity index (χ2n) is 9.91. The molecule has 0 spiro atoms. The summed E-state index contributed by atoms with van der Waals surface area (Å²) in [7, 11) is 0. The van der Waals surface area contributed by atoms with Crippen molar-refractivity contribution in [2.24, 2.45) is 0 Å². The van der Waals surface area contributed by atoms with Crippen LogP contribution in [0, 0.1) is 28.5 Å². The number of pyridine rings is 2. The molecule has 214 valence electrons. The van der Waals surface area contributed by atoms with Gasteiger partial charge in [-0.1, -0.05) is 59.3 Å². The van der Waals surface area contributed by atoms with Crippen LogP contribution in [-0.2, 0) is 0 Å². The van der Waals surface area contributed by atoms with Crippen LogP contribution in [-0.4, -0.2) is 25.0 Å². The highest BCUT2D eigenvalue weighted by Gasteiger charge is 2.22. The first-order valence-corrected chi connectivity index (χ1v) is 14.0. The van der Waals surface area contributed by atoms with Gasteiger partial charge in [-0.25, -0.2) is 9.07 Å². The van der Waals surface area contributed by atoms with E-state index in [4.69, 9.17) is 11.6 Å². The number of nitriles is 2. The summed E-state index contributed by atoms with van der Waals surface area (Å²) in [5.74, 6) is -0.364. The van der Waals surface area contributed by atoms with Gasteiger partial charge in [0.1, 0.15) is 17.6 Å². The summed E-state index contributed by atoms with van der Waals surface area (Å²) in [6, 6.07) is 26.4. The van der Waals surface area contributed by atoms with Crippen molar-refractivity contribution in [1.29, 1.82) is 10.5 Å². The Morgan fingerprint density at radius 2 is 1.75 bits per heavy atom. The van der Waals surface area contributed by atoms with Crippen molar-refractivity contribution in [3.05, 3.63) is 137 Å². The lowest BCUT2D eigenvalue weighted by molar-refractivity contribution is 0.626. The molecule has 0 amide bonds. The zero-order chi connectivity index (χ0) is 30.5. The van der Waals surface area contributed by atoms with Crippen LogP contribution in [0.15, 0.2) is 104 Å². The normalized spacial score (nSPS) is 12.2. The maximum absolute atomic E-state index is 13.9. The topological polar surface area (TPSA) is 128 Å². The summed E-state index contributed by atoms with van der Waals surface area (Å²) in [6.45, 7) is 0. The first kappa shape index (κ1) is 28.3. The minimum atomic E-state index is -0.547. The van der Waals surface area contributed by atoms with Crippen LogP contribution in [0.4, 0.5) is 15.8 Å². The van der Waals surface area contributed by atoms with Gasteiger partial charge >= 0.3 is 0 Å². The fourth-order valence-electron chi connectivity index (χ4n) is 4.96. The van der Waals surface area contributed by atoms with Crippen molar-refractivity contribution < 1.29 is 4.39 Å². The SMILES string of the molecule is N#CCC(Nc1c(C#N)cnc2c(Cl)cc(NC(c3ccc(F)cc3)c3cn(-c4cccnc4)nn3)cc12)c1ccccc1. The molecule has 3 aromatic carbocycles. The molecule has 6 aromatic rings. The Bertz CT molecular complexity index is 2000. The molecule has 0 saturated heterocycles. The van der Waals surface area contributed by atoms with Crippen molar-refractivity contribution in [3.63, 3.8) is 0 Å². The third kappa shape index (κ3) is 5.88. The first-order valence-electron chi connectivity index (χ1n) is 13.6. The van der Waals surface area contributed by atoms with Crippen molar-refractivity contribution in [1.82, 2.24) is 25.0 Å². The smallest absolute Gasteiger partial charge is 0.123 e. The lowest BCUT2D eigenvalue weighted by atomic mass is 10.0. The van der Waals surface area contributed by atoms with E-state index in [1.807, 2.05) is 42.5 Å². The number of anilines is 2. The number of aromatic nitrogens is 5.